The third-order valence-corrected chi connectivity index (χ3v) is 2.57. The first-order chi connectivity index (χ1) is 6.56. The number of aliphatic imine (C=N–C) groups is 1. The van der Waals surface area contributed by atoms with Crippen LogP contribution in [0, 0.1) is 0 Å². The Bertz CT molecular complexity index is 255. The number of allylic oxidation sites excluding steroid dienone is 3. The highest BCUT2D eigenvalue weighted by atomic mass is 35.5. The van der Waals surface area contributed by atoms with Gasteiger partial charge in [0.1, 0.15) is 0 Å². The summed E-state index contributed by atoms with van der Waals surface area (Å²) in [6.45, 7) is 12.2. The summed E-state index contributed by atoms with van der Waals surface area (Å²) in [7, 11) is 0. The minimum absolute atomic E-state index is 0.517. The zero-order valence-corrected chi connectivity index (χ0v) is 10.4. The molecule has 0 aromatic carbocycles. The van der Waals surface area contributed by atoms with Gasteiger partial charge in [0.15, 0.2) is 0 Å². The van der Waals surface area contributed by atoms with Crippen LogP contribution in [-0.2, 0) is 0 Å². The van der Waals surface area contributed by atoms with Crippen LogP contribution < -0.4 is 0 Å². The lowest BCUT2D eigenvalue weighted by Gasteiger charge is -2.07. The molecule has 0 amide bonds. The molecule has 0 N–H and O–H groups in total. The van der Waals surface area contributed by atoms with Gasteiger partial charge in [-0.1, -0.05) is 26.0 Å². The highest BCUT2D eigenvalue weighted by molar-refractivity contribution is 6.28. The van der Waals surface area contributed by atoms with E-state index >= 15 is 0 Å². The van der Waals surface area contributed by atoms with Crippen molar-refractivity contribution in [3.63, 3.8) is 0 Å². The molecule has 0 aromatic rings. The lowest BCUT2D eigenvalue weighted by Crippen LogP contribution is -1.99. The van der Waals surface area contributed by atoms with Crippen LogP contribution in [0.2, 0.25) is 0 Å². The largest absolute Gasteiger partial charge is 0.261 e. The first kappa shape index (κ1) is 13.4. The minimum atomic E-state index is 0.517. The average Bonchev–Trinajstić information content (AvgIpc) is 2.19. The van der Waals surface area contributed by atoms with E-state index in [1.807, 2.05) is 6.92 Å². The summed E-state index contributed by atoms with van der Waals surface area (Å²) in [6.07, 6.45) is 1.84. The van der Waals surface area contributed by atoms with Gasteiger partial charge in [0, 0.05) is 11.4 Å². The molecule has 1 nitrogen and oxygen atoms in total. The molecule has 0 heterocycles. The van der Waals surface area contributed by atoms with E-state index in [0.717, 1.165) is 29.8 Å². The zero-order valence-electron chi connectivity index (χ0n) is 9.65. The minimum Gasteiger partial charge on any atom is -0.261 e. The average molecular weight is 214 g/mol. The molecule has 0 radical (unpaired) electrons. The van der Waals surface area contributed by atoms with Gasteiger partial charge in [0.2, 0.25) is 0 Å². The van der Waals surface area contributed by atoms with Crippen molar-refractivity contribution in [2.75, 3.05) is 5.88 Å². The number of hydrogen-bond acceptors (Lipinski definition) is 1. The van der Waals surface area contributed by atoms with Gasteiger partial charge in [-0.25, -0.2) is 0 Å². The Morgan fingerprint density at radius 2 is 1.79 bits per heavy atom. The van der Waals surface area contributed by atoms with Crippen molar-refractivity contribution in [3.8, 4) is 0 Å². The Kier molecular flexibility index (Phi) is 6.56. The second-order valence-electron chi connectivity index (χ2n) is 3.37. The van der Waals surface area contributed by atoms with Crippen LogP contribution >= 0.6 is 11.6 Å². The molecule has 0 spiro atoms. The summed E-state index contributed by atoms with van der Waals surface area (Å²) in [5.74, 6) is 0.517. The predicted molar refractivity (Wildman–Crippen MR) is 66.3 cm³/mol. The molecule has 0 aromatic heterocycles. The van der Waals surface area contributed by atoms with E-state index in [9.17, 15) is 0 Å². The topological polar surface area (TPSA) is 12.4 Å². The molecule has 0 unspecified atom stereocenters. The Labute approximate surface area is 92.6 Å². The molecule has 0 rings (SSSR count). The highest BCUT2D eigenvalue weighted by Crippen LogP contribution is 2.17. The normalized spacial score (nSPS) is 13.9. The smallest absolute Gasteiger partial charge is 0.0608 e. The van der Waals surface area contributed by atoms with Crippen LogP contribution in [0.15, 0.2) is 28.4 Å². The van der Waals surface area contributed by atoms with E-state index in [4.69, 9.17) is 11.6 Å². The van der Waals surface area contributed by atoms with E-state index in [0.29, 0.717) is 5.88 Å². The third-order valence-electron chi connectivity index (χ3n) is 2.26. The molecule has 0 aliphatic heterocycles. The van der Waals surface area contributed by atoms with E-state index in [-0.39, 0.29) is 0 Å². The molecular weight excluding hydrogens is 194 g/mol. The molecule has 14 heavy (non-hydrogen) atoms. The van der Waals surface area contributed by atoms with Crippen molar-refractivity contribution in [1.29, 1.82) is 0 Å². The number of halogens is 1. The van der Waals surface area contributed by atoms with Crippen LogP contribution in [0.4, 0.5) is 0 Å². The molecule has 0 saturated heterocycles. The fourth-order valence-electron chi connectivity index (χ4n) is 1.07. The molecule has 0 aliphatic rings. The van der Waals surface area contributed by atoms with E-state index in [1.54, 1.807) is 0 Å². The van der Waals surface area contributed by atoms with Gasteiger partial charge in [-0.2, -0.15) is 0 Å². The lowest BCUT2D eigenvalue weighted by atomic mass is 10.1. The summed E-state index contributed by atoms with van der Waals surface area (Å²) >= 11 is 5.78. The van der Waals surface area contributed by atoms with Crippen molar-refractivity contribution in [1.82, 2.24) is 0 Å². The van der Waals surface area contributed by atoms with Crippen molar-refractivity contribution in [2.45, 2.75) is 40.5 Å². The van der Waals surface area contributed by atoms with E-state index in [2.05, 4.69) is 32.3 Å². The number of rotatable bonds is 5. The van der Waals surface area contributed by atoms with Crippen LogP contribution in [0.5, 0.6) is 0 Å². The van der Waals surface area contributed by atoms with Gasteiger partial charge in [0.05, 0.1) is 5.88 Å². The maximum atomic E-state index is 5.78. The van der Waals surface area contributed by atoms with E-state index in [1.165, 1.54) is 5.57 Å². The Hall–Kier alpha value is -0.560. The van der Waals surface area contributed by atoms with Gasteiger partial charge in [0.25, 0.3) is 0 Å². The molecule has 0 saturated carbocycles. The first-order valence-corrected chi connectivity index (χ1v) is 5.58. The van der Waals surface area contributed by atoms with Crippen LogP contribution in [0.3, 0.4) is 0 Å². The molecule has 0 aliphatic carbocycles. The monoisotopic (exact) mass is 213 g/mol. The predicted octanol–water partition coefficient (Wildman–Crippen LogP) is 4.34. The Balaban J connectivity index is 4.99. The third kappa shape index (κ3) is 4.10. The first-order valence-electron chi connectivity index (χ1n) is 5.04. The molecule has 0 bridgehead atoms. The van der Waals surface area contributed by atoms with Crippen LogP contribution in [0.25, 0.3) is 0 Å². The number of hydrogen-bond donors (Lipinski definition) is 0. The van der Waals surface area contributed by atoms with Crippen LogP contribution in [0.1, 0.15) is 40.5 Å². The number of alkyl halides is 1. The molecular formula is C12H20ClN. The van der Waals surface area contributed by atoms with Crippen molar-refractivity contribution < 1.29 is 0 Å². The van der Waals surface area contributed by atoms with Crippen molar-refractivity contribution >= 4 is 17.3 Å². The Morgan fingerprint density at radius 3 is 2.07 bits per heavy atom. The zero-order chi connectivity index (χ0) is 11.1. The van der Waals surface area contributed by atoms with Crippen LogP contribution in [-0.4, -0.2) is 11.6 Å². The summed E-state index contributed by atoms with van der Waals surface area (Å²) in [6, 6.07) is 0. The quantitative estimate of drug-likeness (QED) is 0.366. The number of nitrogens with zero attached hydrogens (tertiary/aromatic N) is 1. The maximum absolute atomic E-state index is 5.78. The fourth-order valence-corrected chi connectivity index (χ4v) is 1.32. The Morgan fingerprint density at radius 1 is 1.21 bits per heavy atom. The standard InChI is InChI=1S/C12H20ClN/c1-6-11(8-13)14-12(7-2)10(5)9(3)4/h3,6-8H2,1-2,4-5H3/b12-10-,14-11?. The SMILES string of the molecule is C=C(C)/C(C)=C(/CC)N=C(CC)CCl. The molecule has 2 heteroatoms. The summed E-state index contributed by atoms with van der Waals surface area (Å²) in [5.41, 5.74) is 4.42. The van der Waals surface area contributed by atoms with E-state index < -0.39 is 0 Å². The van der Waals surface area contributed by atoms with Gasteiger partial charge >= 0.3 is 0 Å². The second-order valence-corrected chi connectivity index (χ2v) is 3.64. The maximum Gasteiger partial charge on any atom is 0.0608 e. The van der Waals surface area contributed by atoms with Gasteiger partial charge in [-0.05, 0) is 32.3 Å². The fraction of sp³-hybridized carbons (Fsp3) is 0.583. The van der Waals surface area contributed by atoms with Crippen molar-refractivity contribution in [2.24, 2.45) is 4.99 Å². The summed E-state index contributed by atoms with van der Waals surface area (Å²) < 4.78 is 0. The molecule has 0 atom stereocenters. The molecule has 0 fully saturated rings. The van der Waals surface area contributed by atoms with Gasteiger partial charge in [-0.15, -0.1) is 11.6 Å². The summed E-state index contributed by atoms with van der Waals surface area (Å²) in [5, 5.41) is 0. The van der Waals surface area contributed by atoms with Crippen molar-refractivity contribution in [3.05, 3.63) is 23.4 Å². The van der Waals surface area contributed by atoms with Gasteiger partial charge in [-0.3, -0.25) is 4.99 Å². The lowest BCUT2D eigenvalue weighted by molar-refractivity contribution is 1.02. The highest BCUT2D eigenvalue weighted by Gasteiger charge is 2.01. The van der Waals surface area contributed by atoms with Gasteiger partial charge < -0.3 is 0 Å². The molecule has 80 valence electrons. The summed E-state index contributed by atoms with van der Waals surface area (Å²) in [4.78, 5) is 4.56. The second kappa shape index (κ2) is 6.83.